The van der Waals surface area contributed by atoms with Crippen LogP contribution < -0.4 is 10.1 Å². The van der Waals surface area contributed by atoms with E-state index in [9.17, 15) is 19.7 Å². The van der Waals surface area contributed by atoms with Gasteiger partial charge in [-0.15, -0.1) is 0 Å². The first-order chi connectivity index (χ1) is 11.4. The van der Waals surface area contributed by atoms with Crippen molar-refractivity contribution in [1.82, 2.24) is 0 Å². The quantitative estimate of drug-likeness (QED) is 0.489. The van der Waals surface area contributed by atoms with Crippen molar-refractivity contribution in [1.29, 1.82) is 0 Å². The molecule has 0 bridgehead atoms. The second kappa shape index (κ2) is 7.56. The molecule has 7 nitrogen and oxygen atoms in total. The number of carbonyl (C=O) groups excluding carboxylic acids is 2. The summed E-state index contributed by atoms with van der Waals surface area (Å²) in [4.78, 5) is 33.3. The molecule has 0 saturated heterocycles. The van der Waals surface area contributed by atoms with Gasteiger partial charge in [0, 0.05) is 22.8 Å². The largest absolute Gasteiger partial charge is 0.480 e. The number of ether oxygens (including phenoxy) is 1. The highest BCUT2D eigenvalue weighted by molar-refractivity contribution is 6.30. The van der Waals surface area contributed by atoms with Crippen molar-refractivity contribution in [3.05, 3.63) is 63.2 Å². The topological polar surface area (TPSA) is 98.5 Å². The standard InChI is InChI=1S/C16H13ClN2O5/c1-10(16(21)18-13-4-2-12(17)3-5-13)24-15-7-6-14(19(22)23)8-11(15)9-20/h2-10H,1H3,(H,18,21)/t10-/m0/s1. The van der Waals surface area contributed by atoms with Crippen LogP contribution in [0, 0.1) is 10.1 Å². The van der Waals surface area contributed by atoms with Crippen LogP contribution >= 0.6 is 11.6 Å². The molecule has 8 heteroatoms. The SMILES string of the molecule is C[C@H](Oc1ccc([N+](=O)[O-])cc1C=O)C(=O)Nc1ccc(Cl)cc1. The highest BCUT2D eigenvalue weighted by Gasteiger charge is 2.18. The predicted octanol–water partition coefficient (Wildman–Crippen LogP) is 3.47. The third kappa shape index (κ3) is 4.30. The maximum Gasteiger partial charge on any atom is 0.270 e. The van der Waals surface area contributed by atoms with Crippen molar-refractivity contribution in [3.63, 3.8) is 0 Å². The van der Waals surface area contributed by atoms with Crippen molar-refractivity contribution in [2.24, 2.45) is 0 Å². The average Bonchev–Trinajstić information content (AvgIpc) is 2.56. The molecule has 2 aromatic rings. The molecular weight excluding hydrogens is 336 g/mol. The third-order valence-corrected chi connectivity index (χ3v) is 3.37. The van der Waals surface area contributed by atoms with Crippen LogP contribution in [0.2, 0.25) is 5.02 Å². The molecule has 0 aromatic heterocycles. The highest BCUT2D eigenvalue weighted by Crippen LogP contribution is 2.24. The van der Waals surface area contributed by atoms with Crippen molar-refractivity contribution in [2.75, 3.05) is 5.32 Å². The molecule has 0 unspecified atom stereocenters. The molecule has 24 heavy (non-hydrogen) atoms. The number of carbonyl (C=O) groups is 2. The summed E-state index contributed by atoms with van der Waals surface area (Å²) >= 11 is 5.77. The number of non-ortho nitro benzene ring substituents is 1. The van der Waals surface area contributed by atoms with Gasteiger partial charge in [0.2, 0.25) is 0 Å². The zero-order valence-electron chi connectivity index (χ0n) is 12.6. The van der Waals surface area contributed by atoms with Gasteiger partial charge in [-0.2, -0.15) is 0 Å². The molecule has 0 aliphatic carbocycles. The minimum absolute atomic E-state index is 0.00431. The maximum absolute atomic E-state index is 12.1. The van der Waals surface area contributed by atoms with Crippen LogP contribution in [0.3, 0.4) is 0 Å². The summed E-state index contributed by atoms with van der Waals surface area (Å²) in [6.07, 6.45) is -0.479. The Morgan fingerprint density at radius 2 is 1.96 bits per heavy atom. The zero-order valence-corrected chi connectivity index (χ0v) is 13.3. The van der Waals surface area contributed by atoms with Crippen LogP contribution in [0.15, 0.2) is 42.5 Å². The lowest BCUT2D eigenvalue weighted by Gasteiger charge is -2.15. The lowest BCUT2D eigenvalue weighted by atomic mass is 10.2. The molecule has 2 rings (SSSR count). The van der Waals surface area contributed by atoms with E-state index < -0.39 is 16.9 Å². The van der Waals surface area contributed by atoms with Gasteiger partial charge in [-0.25, -0.2) is 0 Å². The molecule has 124 valence electrons. The Bertz CT molecular complexity index is 777. The highest BCUT2D eigenvalue weighted by atomic mass is 35.5. The summed E-state index contributed by atoms with van der Waals surface area (Å²) in [6.45, 7) is 1.50. The number of nitrogens with zero attached hydrogens (tertiary/aromatic N) is 1. The molecule has 0 fully saturated rings. The van der Waals surface area contributed by atoms with E-state index in [1.165, 1.54) is 19.1 Å². The first-order valence-electron chi connectivity index (χ1n) is 6.87. The minimum atomic E-state index is -0.916. The fourth-order valence-corrected chi connectivity index (χ4v) is 2.00. The van der Waals surface area contributed by atoms with E-state index in [0.29, 0.717) is 17.0 Å². The molecule has 0 radical (unpaired) electrons. The van der Waals surface area contributed by atoms with Gasteiger partial charge in [0.05, 0.1) is 10.5 Å². The molecule has 0 aliphatic heterocycles. The summed E-state index contributed by atoms with van der Waals surface area (Å²) in [5.41, 5.74) is 0.303. The van der Waals surface area contributed by atoms with Crippen LogP contribution in [-0.4, -0.2) is 23.2 Å². The van der Waals surface area contributed by atoms with E-state index in [1.54, 1.807) is 24.3 Å². The van der Waals surface area contributed by atoms with Crippen molar-refractivity contribution in [2.45, 2.75) is 13.0 Å². The monoisotopic (exact) mass is 348 g/mol. The number of nitro groups is 1. The summed E-state index contributed by atoms with van der Waals surface area (Å²) in [6, 6.07) is 10.1. The summed E-state index contributed by atoms with van der Waals surface area (Å²) < 4.78 is 5.44. The number of halogens is 1. The number of nitrogens with one attached hydrogen (secondary N) is 1. The third-order valence-electron chi connectivity index (χ3n) is 3.12. The van der Waals surface area contributed by atoms with Crippen molar-refractivity contribution < 1.29 is 19.2 Å². The van der Waals surface area contributed by atoms with Crippen LogP contribution in [0.1, 0.15) is 17.3 Å². The van der Waals surface area contributed by atoms with E-state index in [-0.39, 0.29) is 17.0 Å². The van der Waals surface area contributed by atoms with E-state index in [0.717, 1.165) is 6.07 Å². The number of amides is 1. The Morgan fingerprint density at radius 3 is 2.54 bits per heavy atom. The molecule has 0 aliphatic rings. The van der Waals surface area contributed by atoms with Crippen LogP contribution in [0.5, 0.6) is 5.75 Å². The molecule has 1 atom stereocenters. The molecular formula is C16H13ClN2O5. The second-order valence-electron chi connectivity index (χ2n) is 4.85. The normalized spacial score (nSPS) is 11.4. The van der Waals surface area contributed by atoms with Gasteiger partial charge in [-0.05, 0) is 37.3 Å². The number of hydrogen-bond donors (Lipinski definition) is 1. The van der Waals surface area contributed by atoms with Gasteiger partial charge in [0.25, 0.3) is 11.6 Å². The van der Waals surface area contributed by atoms with Gasteiger partial charge in [0.15, 0.2) is 12.4 Å². The minimum Gasteiger partial charge on any atom is -0.480 e. The van der Waals surface area contributed by atoms with E-state index in [4.69, 9.17) is 16.3 Å². The number of anilines is 1. The fourth-order valence-electron chi connectivity index (χ4n) is 1.87. The summed E-state index contributed by atoms with van der Waals surface area (Å²) in [7, 11) is 0. The number of nitro benzene ring substituents is 1. The molecule has 0 spiro atoms. The molecule has 1 N–H and O–H groups in total. The number of aldehydes is 1. The molecule has 1 amide bonds. The number of benzene rings is 2. The van der Waals surface area contributed by atoms with Crippen LogP contribution in [-0.2, 0) is 4.79 Å². The summed E-state index contributed by atoms with van der Waals surface area (Å²) in [5.74, 6) is -0.345. The van der Waals surface area contributed by atoms with Crippen LogP contribution in [0.25, 0.3) is 0 Å². The fraction of sp³-hybridized carbons (Fsp3) is 0.125. The Kier molecular flexibility index (Phi) is 5.49. The first kappa shape index (κ1) is 17.4. The Labute approximate surface area is 142 Å². The molecule has 2 aromatic carbocycles. The van der Waals surface area contributed by atoms with Crippen LogP contribution in [0.4, 0.5) is 11.4 Å². The number of rotatable bonds is 6. The average molecular weight is 349 g/mol. The van der Waals surface area contributed by atoms with E-state index in [2.05, 4.69) is 5.32 Å². The van der Waals surface area contributed by atoms with Gasteiger partial charge >= 0.3 is 0 Å². The Morgan fingerprint density at radius 1 is 1.29 bits per heavy atom. The van der Waals surface area contributed by atoms with Gasteiger partial charge < -0.3 is 10.1 Å². The first-order valence-corrected chi connectivity index (χ1v) is 7.25. The van der Waals surface area contributed by atoms with Crippen molar-refractivity contribution in [3.8, 4) is 5.75 Å². The summed E-state index contributed by atoms with van der Waals surface area (Å²) in [5, 5.41) is 13.9. The second-order valence-corrected chi connectivity index (χ2v) is 5.29. The number of hydrogen-bond acceptors (Lipinski definition) is 5. The molecule has 0 heterocycles. The predicted molar refractivity (Wildman–Crippen MR) is 88.7 cm³/mol. The maximum atomic E-state index is 12.1. The lowest BCUT2D eigenvalue weighted by Crippen LogP contribution is -2.30. The van der Waals surface area contributed by atoms with E-state index >= 15 is 0 Å². The Hall–Kier alpha value is -2.93. The van der Waals surface area contributed by atoms with Gasteiger partial charge in [-0.3, -0.25) is 19.7 Å². The lowest BCUT2D eigenvalue weighted by molar-refractivity contribution is -0.384. The van der Waals surface area contributed by atoms with E-state index in [1.807, 2.05) is 0 Å². The van der Waals surface area contributed by atoms with Crippen molar-refractivity contribution >= 4 is 35.2 Å². The Balaban J connectivity index is 2.09. The van der Waals surface area contributed by atoms with Gasteiger partial charge in [0.1, 0.15) is 5.75 Å². The zero-order chi connectivity index (χ0) is 17.7. The smallest absolute Gasteiger partial charge is 0.270 e. The van der Waals surface area contributed by atoms with Gasteiger partial charge in [-0.1, -0.05) is 11.6 Å². The molecule has 0 saturated carbocycles.